The summed E-state index contributed by atoms with van der Waals surface area (Å²) in [4.78, 5) is 33.6. The zero-order chi connectivity index (χ0) is 27.5. The van der Waals surface area contributed by atoms with Gasteiger partial charge in [0, 0.05) is 38.0 Å². The molecule has 2 aliphatic carbocycles. The van der Waals surface area contributed by atoms with E-state index in [4.69, 9.17) is 4.74 Å². The zero-order valence-electron chi connectivity index (χ0n) is 23.2. The molecule has 1 heterocycles. The molecule has 2 saturated carbocycles. The largest absolute Gasteiger partial charge is 0.466 e. The molecule has 196 valence electrons. The highest BCUT2D eigenvalue weighted by molar-refractivity contribution is 5.96. The molecule has 2 aromatic carbocycles. The van der Waals surface area contributed by atoms with E-state index in [9.17, 15) is 11.0 Å². The topological polar surface area (TPSA) is 62.7 Å². The molecule has 0 saturated heterocycles. The van der Waals surface area contributed by atoms with Gasteiger partial charge in [-0.3, -0.25) is 9.78 Å². The van der Waals surface area contributed by atoms with Gasteiger partial charge in [0.1, 0.15) is 0 Å². The van der Waals surface area contributed by atoms with E-state index in [2.05, 4.69) is 34.1 Å². The predicted octanol–water partition coefficient (Wildman–Crippen LogP) is 5.97. The number of aromatic nitrogens is 1. The SMILES string of the molecule is [2H]C(c1ccc(-c2ccc(N(C)C)cc2)cc1)N(C(=O)[C@@H]1C[C@@H]2CC[C@H]1C2)c1cncc(/C=C/C(=O)OC)c1. The van der Waals surface area contributed by atoms with Gasteiger partial charge in [-0.15, -0.1) is 0 Å². The number of nitrogens with zero attached hydrogens (tertiary/aromatic N) is 3. The highest BCUT2D eigenvalue weighted by Crippen LogP contribution is 2.49. The number of benzene rings is 2. The van der Waals surface area contributed by atoms with Crippen molar-refractivity contribution < 1.29 is 15.7 Å². The molecule has 0 spiro atoms. The van der Waals surface area contributed by atoms with Gasteiger partial charge >= 0.3 is 5.97 Å². The van der Waals surface area contributed by atoms with Crippen molar-refractivity contribution in [1.29, 1.82) is 0 Å². The normalized spacial score (nSPS) is 21.2. The van der Waals surface area contributed by atoms with Gasteiger partial charge in [0.05, 0.1) is 26.9 Å². The van der Waals surface area contributed by atoms with Gasteiger partial charge < -0.3 is 14.5 Å². The molecule has 0 aliphatic heterocycles. The Morgan fingerprint density at radius 2 is 1.71 bits per heavy atom. The molecule has 3 aromatic rings. The first-order valence-corrected chi connectivity index (χ1v) is 13.2. The summed E-state index contributed by atoms with van der Waals surface area (Å²) in [5.41, 5.74) is 5.23. The lowest BCUT2D eigenvalue weighted by Gasteiger charge is -2.30. The fourth-order valence-corrected chi connectivity index (χ4v) is 5.75. The van der Waals surface area contributed by atoms with Crippen LogP contribution in [0.15, 0.2) is 73.1 Å². The lowest BCUT2D eigenvalue weighted by molar-refractivity contribution is -0.134. The average molecular weight is 511 g/mol. The Morgan fingerprint density at radius 3 is 2.32 bits per heavy atom. The van der Waals surface area contributed by atoms with Crippen molar-refractivity contribution in [3.05, 3.63) is 84.2 Å². The number of pyridine rings is 1. The first-order chi connectivity index (χ1) is 18.8. The van der Waals surface area contributed by atoms with Crippen molar-refractivity contribution in [2.45, 2.75) is 32.2 Å². The zero-order valence-corrected chi connectivity index (χ0v) is 22.2. The quantitative estimate of drug-likeness (QED) is 0.276. The maximum absolute atomic E-state index is 14.0. The molecule has 1 aromatic heterocycles. The second-order valence-corrected chi connectivity index (χ2v) is 10.5. The van der Waals surface area contributed by atoms with Crippen LogP contribution in [-0.2, 0) is 20.8 Å². The number of carbonyl (C=O) groups excluding carboxylic acids is 2. The first-order valence-electron chi connectivity index (χ1n) is 13.8. The number of esters is 1. The van der Waals surface area contributed by atoms with Gasteiger partial charge in [0.25, 0.3) is 0 Å². The Hall–Kier alpha value is -3.93. The monoisotopic (exact) mass is 510 g/mol. The average Bonchev–Trinajstić information content (AvgIpc) is 3.60. The van der Waals surface area contributed by atoms with Crippen LogP contribution in [0.5, 0.6) is 0 Å². The van der Waals surface area contributed by atoms with Gasteiger partial charge in [-0.2, -0.15) is 0 Å². The van der Waals surface area contributed by atoms with Crippen LogP contribution in [0, 0.1) is 17.8 Å². The van der Waals surface area contributed by atoms with Crippen LogP contribution in [0.3, 0.4) is 0 Å². The molecule has 5 rings (SSSR count). The van der Waals surface area contributed by atoms with Crippen LogP contribution < -0.4 is 9.80 Å². The first kappa shape index (κ1) is 24.4. The summed E-state index contributed by atoms with van der Waals surface area (Å²) in [6, 6.07) is 18.0. The molecule has 0 N–H and O–H groups in total. The Balaban J connectivity index is 1.44. The summed E-state index contributed by atoms with van der Waals surface area (Å²) >= 11 is 0. The Labute approximate surface area is 226 Å². The summed E-state index contributed by atoms with van der Waals surface area (Å²) in [6.07, 6.45) is 10.5. The smallest absolute Gasteiger partial charge is 0.330 e. The third-order valence-electron chi connectivity index (χ3n) is 7.83. The third kappa shape index (κ3) is 5.64. The van der Waals surface area contributed by atoms with Crippen LogP contribution in [-0.4, -0.2) is 38.1 Å². The molecular weight excluding hydrogens is 474 g/mol. The standard InChI is InChI=1S/C32H35N3O3/c1-34(2)28-13-11-26(12-14-28)25-8-4-22(5-9-25)21-35(32(37)30-18-23-6-10-27(30)16-23)29-17-24(19-33-20-29)7-15-31(36)38-3/h4-5,7-9,11-15,17,19-20,23,27,30H,6,10,16,18,21H2,1-3H3/b15-7+/t23-,27+,30-/m1/s1/i21D/t21?,23-,27+,30-. The fraction of sp³-hybridized carbons (Fsp3) is 0.344. The van der Waals surface area contributed by atoms with Gasteiger partial charge in [-0.05, 0) is 77.6 Å². The second-order valence-electron chi connectivity index (χ2n) is 10.5. The van der Waals surface area contributed by atoms with Crippen LogP contribution >= 0.6 is 0 Å². The highest BCUT2D eigenvalue weighted by atomic mass is 16.5. The molecule has 1 unspecified atom stereocenters. The fourth-order valence-electron chi connectivity index (χ4n) is 5.75. The van der Waals surface area contributed by atoms with Crippen molar-refractivity contribution in [3.63, 3.8) is 0 Å². The summed E-state index contributed by atoms with van der Waals surface area (Å²) in [7, 11) is 5.36. The minimum atomic E-state index is -0.927. The number of anilines is 2. The summed E-state index contributed by atoms with van der Waals surface area (Å²) in [5, 5.41) is 0. The number of ether oxygens (including phenoxy) is 1. The molecule has 1 amide bonds. The van der Waals surface area contributed by atoms with E-state index in [0.29, 0.717) is 23.1 Å². The number of fused-ring (bicyclic) bond motifs is 2. The summed E-state index contributed by atoms with van der Waals surface area (Å²) in [5.74, 6) is 0.451. The molecule has 6 heteroatoms. The van der Waals surface area contributed by atoms with Crippen molar-refractivity contribution in [2.75, 3.05) is 31.0 Å². The third-order valence-corrected chi connectivity index (χ3v) is 7.83. The molecular formula is C32H35N3O3. The molecule has 2 fully saturated rings. The molecule has 38 heavy (non-hydrogen) atoms. The minimum absolute atomic E-state index is 0.0125. The Morgan fingerprint density at radius 1 is 1.00 bits per heavy atom. The van der Waals surface area contributed by atoms with E-state index >= 15 is 0 Å². The number of methoxy groups -OCH3 is 1. The highest BCUT2D eigenvalue weighted by Gasteiger charge is 2.44. The van der Waals surface area contributed by atoms with Gasteiger partial charge in [0.15, 0.2) is 0 Å². The van der Waals surface area contributed by atoms with Crippen molar-refractivity contribution in [2.24, 2.45) is 17.8 Å². The maximum atomic E-state index is 14.0. The molecule has 2 bridgehead atoms. The van der Waals surface area contributed by atoms with E-state index in [1.54, 1.807) is 29.4 Å². The van der Waals surface area contributed by atoms with E-state index in [1.165, 1.54) is 19.6 Å². The summed E-state index contributed by atoms with van der Waals surface area (Å²) in [6.45, 7) is -0.927. The molecule has 0 radical (unpaired) electrons. The van der Waals surface area contributed by atoms with Crippen molar-refractivity contribution in [3.8, 4) is 11.1 Å². The minimum Gasteiger partial charge on any atom is -0.466 e. The van der Waals surface area contributed by atoms with Crippen LogP contribution in [0.1, 0.15) is 38.2 Å². The summed E-state index contributed by atoms with van der Waals surface area (Å²) < 4.78 is 13.9. The molecule has 2 aliphatic rings. The van der Waals surface area contributed by atoms with Gasteiger partial charge in [-0.1, -0.05) is 42.8 Å². The number of hydrogen-bond acceptors (Lipinski definition) is 5. The predicted molar refractivity (Wildman–Crippen MR) is 152 cm³/mol. The Kier molecular flexibility index (Phi) is 7.20. The van der Waals surface area contributed by atoms with Crippen molar-refractivity contribution in [1.82, 2.24) is 4.98 Å². The molecule has 6 nitrogen and oxygen atoms in total. The number of carbonyl (C=O) groups is 2. The van der Waals surface area contributed by atoms with E-state index in [1.807, 2.05) is 38.4 Å². The maximum Gasteiger partial charge on any atom is 0.330 e. The van der Waals surface area contributed by atoms with E-state index < -0.39 is 12.5 Å². The van der Waals surface area contributed by atoms with Gasteiger partial charge in [0.2, 0.25) is 5.91 Å². The van der Waals surface area contributed by atoms with Crippen molar-refractivity contribution >= 4 is 29.3 Å². The van der Waals surface area contributed by atoms with Crippen LogP contribution in [0.4, 0.5) is 11.4 Å². The lowest BCUT2D eigenvalue weighted by atomic mass is 9.87. The number of rotatable bonds is 8. The lowest BCUT2D eigenvalue weighted by Crippen LogP contribution is -2.38. The number of hydrogen-bond donors (Lipinski definition) is 0. The molecule has 4 atom stereocenters. The van der Waals surface area contributed by atoms with E-state index in [-0.39, 0.29) is 11.8 Å². The second kappa shape index (κ2) is 11.2. The van der Waals surface area contributed by atoms with Crippen LogP contribution in [0.25, 0.3) is 17.2 Å². The Bertz CT molecular complexity index is 1350. The number of amides is 1. The van der Waals surface area contributed by atoms with Gasteiger partial charge in [-0.25, -0.2) is 4.79 Å². The van der Waals surface area contributed by atoms with E-state index in [0.717, 1.165) is 41.6 Å². The van der Waals surface area contributed by atoms with Crippen LogP contribution in [0.2, 0.25) is 0 Å².